The molecule has 0 aliphatic heterocycles. The van der Waals surface area contributed by atoms with Crippen molar-refractivity contribution in [2.45, 2.75) is 0 Å². The Hall–Kier alpha value is -2.32. The topological polar surface area (TPSA) is 70.3 Å². The lowest BCUT2D eigenvalue weighted by atomic mass is 10.2. The zero-order valence-electron chi connectivity index (χ0n) is 9.63. The number of carboxylic acid groups (broad SMARTS) is 1. The van der Waals surface area contributed by atoms with Crippen molar-refractivity contribution < 1.29 is 14.6 Å². The van der Waals surface area contributed by atoms with Crippen molar-refractivity contribution in [1.82, 2.24) is 0 Å². The van der Waals surface area contributed by atoms with Crippen LogP contribution in [0, 0.1) is 11.3 Å². The molecule has 2 aromatic carbocycles. The lowest BCUT2D eigenvalue weighted by molar-refractivity contribution is 0.0694. The molecule has 4 nitrogen and oxygen atoms in total. The highest BCUT2D eigenvalue weighted by molar-refractivity contribution is 9.10. The molecular formula is C14H8BrNO3. The van der Waals surface area contributed by atoms with Gasteiger partial charge in [-0.05, 0) is 36.4 Å². The van der Waals surface area contributed by atoms with E-state index < -0.39 is 5.97 Å². The van der Waals surface area contributed by atoms with Crippen LogP contribution in [0.2, 0.25) is 0 Å². The van der Waals surface area contributed by atoms with E-state index in [1.807, 2.05) is 6.07 Å². The number of ether oxygens (including phenoxy) is 1. The Morgan fingerprint density at radius 3 is 2.74 bits per heavy atom. The molecule has 0 aliphatic rings. The van der Waals surface area contributed by atoms with E-state index >= 15 is 0 Å². The molecule has 0 atom stereocenters. The summed E-state index contributed by atoms with van der Waals surface area (Å²) >= 11 is 3.26. The van der Waals surface area contributed by atoms with E-state index in [1.165, 1.54) is 6.07 Å². The van der Waals surface area contributed by atoms with Crippen LogP contribution in [0.1, 0.15) is 15.9 Å². The third kappa shape index (κ3) is 3.12. The predicted molar refractivity (Wildman–Crippen MR) is 72.3 cm³/mol. The highest BCUT2D eigenvalue weighted by Crippen LogP contribution is 2.29. The summed E-state index contributed by atoms with van der Waals surface area (Å²) in [6, 6.07) is 13.2. The molecule has 1 N–H and O–H groups in total. The third-order valence-corrected chi connectivity index (χ3v) is 2.86. The standard InChI is InChI=1S/C14H8BrNO3/c15-10-4-5-12(14(17)18)13(7-10)19-11-3-1-2-9(6-11)8-16/h1-7H,(H,17,18). The summed E-state index contributed by atoms with van der Waals surface area (Å²) < 4.78 is 6.24. The largest absolute Gasteiger partial charge is 0.478 e. The van der Waals surface area contributed by atoms with Crippen LogP contribution in [0.15, 0.2) is 46.9 Å². The van der Waals surface area contributed by atoms with Crippen molar-refractivity contribution >= 4 is 21.9 Å². The van der Waals surface area contributed by atoms with Crippen molar-refractivity contribution in [3.63, 3.8) is 0 Å². The van der Waals surface area contributed by atoms with Crippen LogP contribution in [0.4, 0.5) is 0 Å². The van der Waals surface area contributed by atoms with Crippen LogP contribution in [0.25, 0.3) is 0 Å². The van der Waals surface area contributed by atoms with Crippen molar-refractivity contribution in [2.75, 3.05) is 0 Å². The first kappa shape index (κ1) is 13.1. The number of rotatable bonds is 3. The molecule has 0 saturated heterocycles. The van der Waals surface area contributed by atoms with Crippen molar-refractivity contribution in [2.24, 2.45) is 0 Å². The highest BCUT2D eigenvalue weighted by atomic mass is 79.9. The van der Waals surface area contributed by atoms with Gasteiger partial charge in [0.25, 0.3) is 0 Å². The van der Waals surface area contributed by atoms with Gasteiger partial charge in [0.1, 0.15) is 17.1 Å². The number of hydrogen-bond donors (Lipinski definition) is 1. The van der Waals surface area contributed by atoms with E-state index in [9.17, 15) is 4.79 Å². The third-order valence-electron chi connectivity index (χ3n) is 2.37. The Kier molecular flexibility index (Phi) is 3.83. The fourth-order valence-corrected chi connectivity index (χ4v) is 1.85. The fraction of sp³-hybridized carbons (Fsp3) is 0. The molecule has 19 heavy (non-hydrogen) atoms. The minimum atomic E-state index is -1.07. The van der Waals surface area contributed by atoms with Gasteiger partial charge in [0.2, 0.25) is 0 Å². The first-order valence-electron chi connectivity index (χ1n) is 5.31. The summed E-state index contributed by atoms with van der Waals surface area (Å²) in [4.78, 5) is 11.1. The van der Waals surface area contributed by atoms with Crippen LogP contribution in [0.3, 0.4) is 0 Å². The smallest absolute Gasteiger partial charge is 0.339 e. The molecule has 0 unspecified atom stereocenters. The van der Waals surface area contributed by atoms with Gasteiger partial charge in [0, 0.05) is 4.47 Å². The SMILES string of the molecule is N#Cc1cccc(Oc2cc(Br)ccc2C(=O)O)c1. The van der Waals surface area contributed by atoms with Gasteiger partial charge in [0.05, 0.1) is 11.6 Å². The number of benzene rings is 2. The normalized spacial score (nSPS) is 9.68. The number of nitrogens with zero attached hydrogens (tertiary/aromatic N) is 1. The lowest BCUT2D eigenvalue weighted by Crippen LogP contribution is -2.00. The van der Waals surface area contributed by atoms with E-state index in [4.69, 9.17) is 15.1 Å². The summed E-state index contributed by atoms with van der Waals surface area (Å²) in [6.45, 7) is 0. The second kappa shape index (κ2) is 5.55. The Bertz CT molecular complexity index is 677. The number of halogens is 1. The van der Waals surface area contributed by atoms with Crippen LogP contribution >= 0.6 is 15.9 Å². The van der Waals surface area contributed by atoms with E-state index in [-0.39, 0.29) is 11.3 Å². The first-order valence-corrected chi connectivity index (χ1v) is 6.10. The summed E-state index contributed by atoms with van der Waals surface area (Å²) in [5, 5.41) is 17.9. The Morgan fingerprint density at radius 2 is 2.05 bits per heavy atom. The Morgan fingerprint density at radius 1 is 1.26 bits per heavy atom. The minimum absolute atomic E-state index is 0.0607. The Balaban J connectivity index is 2.40. The second-order valence-electron chi connectivity index (χ2n) is 3.69. The van der Waals surface area contributed by atoms with Crippen LogP contribution in [0.5, 0.6) is 11.5 Å². The molecule has 0 heterocycles. The van der Waals surface area contributed by atoms with E-state index in [0.29, 0.717) is 15.8 Å². The molecule has 2 aromatic rings. The average Bonchev–Trinajstić information content (AvgIpc) is 2.38. The molecule has 5 heteroatoms. The summed E-state index contributed by atoms with van der Waals surface area (Å²) in [6.07, 6.45) is 0. The Labute approximate surface area is 118 Å². The summed E-state index contributed by atoms with van der Waals surface area (Å²) in [5.74, 6) is -0.435. The molecule has 94 valence electrons. The molecule has 0 amide bonds. The van der Waals surface area contributed by atoms with Gasteiger partial charge in [-0.3, -0.25) is 0 Å². The molecular weight excluding hydrogens is 310 g/mol. The summed E-state index contributed by atoms with van der Waals surface area (Å²) in [5.41, 5.74) is 0.509. The van der Waals surface area contributed by atoms with Crippen LogP contribution < -0.4 is 4.74 Å². The van der Waals surface area contributed by atoms with Gasteiger partial charge in [-0.15, -0.1) is 0 Å². The summed E-state index contributed by atoms with van der Waals surface area (Å²) in [7, 11) is 0. The van der Waals surface area contributed by atoms with Gasteiger partial charge in [-0.25, -0.2) is 4.79 Å². The average molecular weight is 318 g/mol. The molecule has 0 fully saturated rings. The number of carboxylic acids is 1. The predicted octanol–water partition coefficient (Wildman–Crippen LogP) is 3.81. The lowest BCUT2D eigenvalue weighted by Gasteiger charge is -2.09. The number of aromatic carboxylic acids is 1. The van der Waals surface area contributed by atoms with Crippen molar-refractivity contribution in [1.29, 1.82) is 5.26 Å². The van der Waals surface area contributed by atoms with E-state index in [2.05, 4.69) is 15.9 Å². The van der Waals surface area contributed by atoms with Gasteiger partial charge in [-0.2, -0.15) is 5.26 Å². The number of hydrogen-bond acceptors (Lipinski definition) is 3. The number of nitriles is 1. The van der Waals surface area contributed by atoms with Gasteiger partial charge in [0.15, 0.2) is 0 Å². The first-order chi connectivity index (χ1) is 9.10. The van der Waals surface area contributed by atoms with Gasteiger partial charge in [-0.1, -0.05) is 22.0 Å². The molecule has 0 spiro atoms. The van der Waals surface area contributed by atoms with Crippen molar-refractivity contribution in [3.8, 4) is 17.6 Å². The fourth-order valence-electron chi connectivity index (χ4n) is 1.51. The second-order valence-corrected chi connectivity index (χ2v) is 4.60. The van der Waals surface area contributed by atoms with Crippen LogP contribution in [-0.4, -0.2) is 11.1 Å². The van der Waals surface area contributed by atoms with Gasteiger partial charge < -0.3 is 9.84 Å². The zero-order chi connectivity index (χ0) is 13.8. The zero-order valence-corrected chi connectivity index (χ0v) is 11.2. The highest BCUT2D eigenvalue weighted by Gasteiger charge is 2.12. The molecule has 0 saturated carbocycles. The maximum absolute atomic E-state index is 11.1. The molecule has 0 aromatic heterocycles. The van der Waals surface area contributed by atoms with E-state index in [1.54, 1.807) is 36.4 Å². The monoisotopic (exact) mass is 317 g/mol. The molecule has 0 radical (unpaired) electrons. The van der Waals surface area contributed by atoms with Crippen molar-refractivity contribution in [3.05, 3.63) is 58.1 Å². The molecule has 2 rings (SSSR count). The maximum atomic E-state index is 11.1. The van der Waals surface area contributed by atoms with Crippen LogP contribution in [-0.2, 0) is 0 Å². The maximum Gasteiger partial charge on any atom is 0.339 e. The molecule has 0 bridgehead atoms. The van der Waals surface area contributed by atoms with Gasteiger partial charge >= 0.3 is 5.97 Å². The van der Waals surface area contributed by atoms with E-state index in [0.717, 1.165) is 0 Å². The number of carbonyl (C=O) groups is 1. The minimum Gasteiger partial charge on any atom is -0.478 e. The molecule has 0 aliphatic carbocycles. The quantitative estimate of drug-likeness (QED) is 0.934.